The van der Waals surface area contributed by atoms with Gasteiger partial charge >= 0.3 is 0 Å². The summed E-state index contributed by atoms with van der Waals surface area (Å²) in [4.78, 5) is 26.1. The molecule has 1 aliphatic carbocycles. The van der Waals surface area contributed by atoms with E-state index < -0.39 is 15.9 Å². The second-order valence-electron chi connectivity index (χ2n) is 7.49. The lowest BCUT2D eigenvalue weighted by Gasteiger charge is -2.19. The number of likely N-dealkylation sites (N-methyl/N-ethyl adjacent to an activating group) is 1. The van der Waals surface area contributed by atoms with Crippen molar-refractivity contribution in [3.63, 3.8) is 0 Å². The SMILES string of the molecule is COc1ccc(C(=O)N(C)CC(=O)NCc2ccco2)cc1S(=O)(=O)NC1CCCC1. The molecule has 2 aromatic rings. The molecule has 31 heavy (non-hydrogen) atoms. The minimum atomic E-state index is -3.86. The Morgan fingerprint density at radius 1 is 1.23 bits per heavy atom. The summed E-state index contributed by atoms with van der Waals surface area (Å²) in [7, 11) is -1.01. The van der Waals surface area contributed by atoms with Crippen molar-refractivity contribution >= 4 is 21.8 Å². The van der Waals surface area contributed by atoms with Crippen LogP contribution in [0.1, 0.15) is 41.8 Å². The number of carbonyl (C=O) groups is 2. The number of furan rings is 1. The molecule has 3 rings (SSSR count). The monoisotopic (exact) mass is 449 g/mol. The van der Waals surface area contributed by atoms with Crippen LogP contribution >= 0.6 is 0 Å². The summed E-state index contributed by atoms with van der Waals surface area (Å²) in [6.07, 6.45) is 5.05. The maximum Gasteiger partial charge on any atom is 0.254 e. The zero-order chi connectivity index (χ0) is 22.4. The van der Waals surface area contributed by atoms with Crippen LogP contribution in [0.2, 0.25) is 0 Å². The van der Waals surface area contributed by atoms with Crippen LogP contribution in [0.25, 0.3) is 0 Å². The van der Waals surface area contributed by atoms with Gasteiger partial charge in [-0.15, -0.1) is 0 Å². The fraction of sp³-hybridized carbons (Fsp3) is 0.429. The lowest BCUT2D eigenvalue weighted by atomic mass is 10.2. The van der Waals surface area contributed by atoms with E-state index in [1.54, 1.807) is 12.1 Å². The predicted molar refractivity (Wildman–Crippen MR) is 113 cm³/mol. The van der Waals surface area contributed by atoms with Crippen LogP contribution in [-0.2, 0) is 21.4 Å². The van der Waals surface area contributed by atoms with Gasteiger partial charge in [0.15, 0.2) is 0 Å². The van der Waals surface area contributed by atoms with Crippen molar-refractivity contribution in [2.24, 2.45) is 0 Å². The first kappa shape index (κ1) is 22.8. The van der Waals surface area contributed by atoms with Gasteiger partial charge in [0.05, 0.1) is 26.5 Å². The third-order valence-corrected chi connectivity index (χ3v) is 6.69. The van der Waals surface area contributed by atoms with E-state index in [2.05, 4.69) is 10.0 Å². The molecule has 168 valence electrons. The molecule has 0 saturated heterocycles. The molecule has 0 radical (unpaired) electrons. The minimum Gasteiger partial charge on any atom is -0.495 e. The van der Waals surface area contributed by atoms with Gasteiger partial charge in [-0.25, -0.2) is 13.1 Å². The second-order valence-corrected chi connectivity index (χ2v) is 9.17. The Morgan fingerprint density at radius 3 is 2.61 bits per heavy atom. The fourth-order valence-corrected chi connectivity index (χ4v) is 5.01. The van der Waals surface area contributed by atoms with Crippen LogP contribution in [0, 0.1) is 0 Å². The van der Waals surface area contributed by atoms with Crippen molar-refractivity contribution in [2.75, 3.05) is 20.7 Å². The Kier molecular flexibility index (Phi) is 7.34. The highest BCUT2D eigenvalue weighted by atomic mass is 32.2. The van der Waals surface area contributed by atoms with Crippen LogP contribution in [0.3, 0.4) is 0 Å². The van der Waals surface area contributed by atoms with Gasteiger partial charge < -0.3 is 19.4 Å². The quantitative estimate of drug-likeness (QED) is 0.604. The van der Waals surface area contributed by atoms with Gasteiger partial charge in [-0.1, -0.05) is 12.8 Å². The van der Waals surface area contributed by atoms with Gasteiger partial charge in [0.1, 0.15) is 16.4 Å². The molecule has 10 heteroatoms. The van der Waals surface area contributed by atoms with Gasteiger partial charge in [0.2, 0.25) is 15.9 Å². The summed E-state index contributed by atoms with van der Waals surface area (Å²) >= 11 is 0. The van der Waals surface area contributed by atoms with Crippen LogP contribution in [-0.4, -0.2) is 51.9 Å². The molecule has 2 amide bonds. The average Bonchev–Trinajstić information content (AvgIpc) is 3.45. The number of methoxy groups -OCH3 is 1. The molecule has 1 saturated carbocycles. The van der Waals surface area contributed by atoms with Crippen LogP contribution in [0.15, 0.2) is 45.9 Å². The Morgan fingerprint density at radius 2 is 1.97 bits per heavy atom. The number of nitrogens with one attached hydrogen (secondary N) is 2. The molecule has 1 aromatic heterocycles. The average molecular weight is 450 g/mol. The van der Waals surface area contributed by atoms with E-state index in [4.69, 9.17) is 9.15 Å². The first-order valence-electron chi connectivity index (χ1n) is 10.0. The summed E-state index contributed by atoms with van der Waals surface area (Å²) < 4.78 is 38.9. The van der Waals surface area contributed by atoms with E-state index in [0.717, 1.165) is 25.7 Å². The third-order valence-electron chi connectivity index (χ3n) is 5.14. The van der Waals surface area contributed by atoms with E-state index >= 15 is 0 Å². The topological polar surface area (TPSA) is 118 Å². The Hall–Kier alpha value is -2.85. The van der Waals surface area contributed by atoms with E-state index in [1.807, 2.05) is 0 Å². The number of benzene rings is 1. The van der Waals surface area contributed by atoms with Crippen molar-refractivity contribution in [2.45, 2.75) is 43.2 Å². The van der Waals surface area contributed by atoms with Crippen molar-refractivity contribution in [3.8, 4) is 5.75 Å². The molecular formula is C21H27N3O6S. The second kappa shape index (κ2) is 9.97. The first-order chi connectivity index (χ1) is 14.8. The predicted octanol–water partition coefficient (Wildman–Crippen LogP) is 1.90. The molecule has 0 atom stereocenters. The van der Waals surface area contributed by atoms with Gasteiger partial charge in [0, 0.05) is 18.7 Å². The normalized spacial score (nSPS) is 14.4. The Labute approximate surface area is 181 Å². The fourth-order valence-electron chi connectivity index (χ4n) is 3.51. The van der Waals surface area contributed by atoms with Crippen LogP contribution < -0.4 is 14.8 Å². The van der Waals surface area contributed by atoms with Gasteiger partial charge in [-0.3, -0.25) is 9.59 Å². The molecule has 0 aliphatic heterocycles. The molecule has 1 fully saturated rings. The number of rotatable bonds is 9. The van der Waals surface area contributed by atoms with Gasteiger partial charge in [-0.2, -0.15) is 0 Å². The summed E-state index contributed by atoms with van der Waals surface area (Å²) in [6.45, 7) is 0.0274. The van der Waals surface area contributed by atoms with Gasteiger partial charge in [0.25, 0.3) is 5.91 Å². The smallest absolute Gasteiger partial charge is 0.254 e. The van der Waals surface area contributed by atoms with E-state index in [-0.39, 0.29) is 41.2 Å². The zero-order valence-electron chi connectivity index (χ0n) is 17.6. The molecular weight excluding hydrogens is 422 g/mol. The van der Waals surface area contributed by atoms with Crippen LogP contribution in [0.4, 0.5) is 0 Å². The summed E-state index contributed by atoms with van der Waals surface area (Å²) in [5, 5.41) is 2.66. The summed E-state index contributed by atoms with van der Waals surface area (Å²) in [5.74, 6) is -0.0902. The largest absolute Gasteiger partial charge is 0.495 e. The Balaban J connectivity index is 1.70. The minimum absolute atomic E-state index is 0.0941. The number of carbonyl (C=O) groups excluding carboxylic acids is 2. The number of hydrogen-bond donors (Lipinski definition) is 2. The summed E-state index contributed by atoms with van der Waals surface area (Å²) in [6, 6.07) is 7.54. The standard InChI is InChI=1S/C21H27N3O6S/c1-24(14-20(25)22-13-17-8-5-11-30-17)21(26)15-9-10-18(29-2)19(12-15)31(27,28)23-16-6-3-4-7-16/h5,8-12,16,23H,3-4,6-7,13-14H2,1-2H3,(H,22,25). The molecule has 1 heterocycles. The first-order valence-corrected chi connectivity index (χ1v) is 11.5. The maximum atomic E-state index is 12.9. The molecule has 1 aliphatic rings. The highest BCUT2D eigenvalue weighted by Crippen LogP contribution is 2.27. The van der Waals surface area contributed by atoms with E-state index in [1.165, 1.54) is 43.5 Å². The number of hydrogen-bond acceptors (Lipinski definition) is 6. The van der Waals surface area contributed by atoms with Crippen molar-refractivity contribution in [1.29, 1.82) is 0 Å². The zero-order valence-corrected chi connectivity index (χ0v) is 18.4. The number of nitrogens with zero attached hydrogens (tertiary/aromatic N) is 1. The molecule has 2 N–H and O–H groups in total. The Bertz CT molecular complexity index is 1010. The number of amides is 2. The molecule has 0 unspecified atom stereocenters. The number of ether oxygens (including phenoxy) is 1. The van der Waals surface area contributed by atoms with Crippen LogP contribution in [0.5, 0.6) is 5.75 Å². The van der Waals surface area contributed by atoms with Crippen molar-refractivity contribution in [3.05, 3.63) is 47.9 Å². The lowest BCUT2D eigenvalue weighted by Crippen LogP contribution is -2.38. The molecule has 0 bridgehead atoms. The third kappa shape index (κ3) is 5.86. The maximum absolute atomic E-state index is 12.9. The number of sulfonamides is 1. The van der Waals surface area contributed by atoms with E-state index in [9.17, 15) is 18.0 Å². The van der Waals surface area contributed by atoms with Crippen molar-refractivity contribution in [1.82, 2.24) is 14.9 Å². The lowest BCUT2D eigenvalue weighted by molar-refractivity contribution is -0.121. The molecule has 9 nitrogen and oxygen atoms in total. The highest BCUT2D eigenvalue weighted by Gasteiger charge is 2.27. The van der Waals surface area contributed by atoms with Gasteiger partial charge in [-0.05, 0) is 43.2 Å². The molecule has 1 aromatic carbocycles. The highest BCUT2D eigenvalue weighted by molar-refractivity contribution is 7.89. The van der Waals surface area contributed by atoms with Crippen molar-refractivity contribution < 1.29 is 27.2 Å². The molecule has 0 spiro atoms. The van der Waals surface area contributed by atoms with E-state index in [0.29, 0.717) is 5.76 Å². The summed E-state index contributed by atoms with van der Waals surface area (Å²) in [5.41, 5.74) is 0.147.